The molecule has 110 valence electrons. The number of ether oxygens (including phenoxy) is 1. The van der Waals surface area contributed by atoms with Gasteiger partial charge in [0.2, 0.25) is 0 Å². The second-order valence-corrected chi connectivity index (χ2v) is 4.92. The van der Waals surface area contributed by atoms with E-state index >= 15 is 0 Å². The van der Waals surface area contributed by atoms with Crippen LogP contribution in [0.15, 0.2) is 34.9 Å². The summed E-state index contributed by atoms with van der Waals surface area (Å²) < 4.78 is 10.2. The molecule has 0 bridgehead atoms. The first-order valence-corrected chi connectivity index (χ1v) is 6.90. The van der Waals surface area contributed by atoms with Crippen molar-refractivity contribution in [2.24, 2.45) is 0 Å². The Labute approximate surface area is 122 Å². The lowest BCUT2D eigenvalue weighted by Crippen LogP contribution is -2.36. The molecule has 0 saturated carbocycles. The van der Waals surface area contributed by atoms with Gasteiger partial charge in [-0.2, -0.15) is 0 Å². The fourth-order valence-electron chi connectivity index (χ4n) is 2.26. The summed E-state index contributed by atoms with van der Waals surface area (Å²) >= 11 is 0. The highest BCUT2D eigenvalue weighted by atomic mass is 16.5. The van der Waals surface area contributed by atoms with Gasteiger partial charge in [-0.3, -0.25) is 4.79 Å². The number of carbonyl (C=O) groups excluding carboxylic acids is 1. The number of hydrogen-bond acceptors (Lipinski definition) is 5. The van der Waals surface area contributed by atoms with Crippen molar-refractivity contribution in [2.45, 2.75) is 6.92 Å². The third-order valence-corrected chi connectivity index (χ3v) is 3.38. The number of aryl methyl sites for hydroxylation is 1. The Morgan fingerprint density at radius 1 is 1.24 bits per heavy atom. The molecule has 1 aromatic heterocycles. The van der Waals surface area contributed by atoms with E-state index in [4.69, 9.17) is 9.26 Å². The number of amides is 1. The van der Waals surface area contributed by atoms with Crippen LogP contribution < -0.4 is 10.2 Å². The van der Waals surface area contributed by atoms with E-state index in [1.165, 1.54) is 0 Å². The Hall–Kier alpha value is -2.34. The number of hydrogen-bond donors (Lipinski definition) is 1. The summed E-state index contributed by atoms with van der Waals surface area (Å²) in [5.74, 6) is 0.888. The first-order valence-electron chi connectivity index (χ1n) is 6.90. The molecular formula is C15H17N3O3. The summed E-state index contributed by atoms with van der Waals surface area (Å²) in [6.45, 7) is 5.02. The monoisotopic (exact) mass is 287 g/mol. The molecule has 0 radical (unpaired) electrons. The molecule has 3 rings (SSSR count). The van der Waals surface area contributed by atoms with Crippen molar-refractivity contribution >= 4 is 17.4 Å². The number of benzene rings is 1. The molecular weight excluding hydrogens is 270 g/mol. The zero-order chi connectivity index (χ0) is 14.7. The van der Waals surface area contributed by atoms with Gasteiger partial charge in [-0.25, -0.2) is 0 Å². The van der Waals surface area contributed by atoms with Crippen LogP contribution in [-0.4, -0.2) is 37.4 Å². The van der Waals surface area contributed by atoms with E-state index in [1.807, 2.05) is 24.3 Å². The van der Waals surface area contributed by atoms with E-state index in [-0.39, 0.29) is 5.91 Å². The highest BCUT2D eigenvalue weighted by Crippen LogP contribution is 2.17. The van der Waals surface area contributed by atoms with Gasteiger partial charge in [0, 0.05) is 30.4 Å². The average molecular weight is 287 g/mol. The molecule has 6 heteroatoms. The molecule has 6 nitrogen and oxygen atoms in total. The highest BCUT2D eigenvalue weighted by Gasteiger charge is 2.13. The largest absolute Gasteiger partial charge is 0.378 e. The Morgan fingerprint density at radius 3 is 2.57 bits per heavy atom. The molecule has 21 heavy (non-hydrogen) atoms. The Balaban J connectivity index is 1.67. The van der Waals surface area contributed by atoms with Crippen LogP contribution in [0.25, 0.3) is 0 Å². The van der Waals surface area contributed by atoms with Gasteiger partial charge in [-0.15, -0.1) is 0 Å². The van der Waals surface area contributed by atoms with Crippen molar-refractivity contribution in [3.63, 3.8) is 0 Å². The molecule has 2 aromatic rings. The summed E-state index contributed by atoms with van der Waals surface area (Å²) in [4.78, 5) is 14.3. The SMILES string of the molecule is Cc1cc(NC(=O)c2ccc(N3CCOCC3)cc2)no1. The van der Waals surface area contributed by atoms with Crippen molar-refractivity contribution in [1.82, 2.24) is 5.16 Å². The van der Waals surface area contributed by atoms with E-state index in [0.717, 1.165) is 32.0 Å². The number of nitrogens with one attached hydrogen (secondary N) is 1. The lowest BCUT2D eigenvalue weighted by Gasteiger charge is -2.28. The molecule has 0 aliphatic carbocycles. The molecule has 2 heterocycles. The fraction of sp³-hybridized carbons (Fsp3) is 0.333. The first kappa shape index (κ1) is 13.6. The smallest absolute Gasteiger partial charge is 0.256 e. The van der Waals surface area contributed by atoms with Gasteiger partial charge in [0.1, 0.15) is 5.76 Å². The Bertz CT molecular complexity index is 615. The van der Waals surface area contributed by atoms with Crippen LogP contribution in [-0.2, 0) is 4.74 Å². The molecule has 1 N–H and O–H groups in total. The summed E-state index contributed by atoms with van der Waals surface area (Å²) in [5.41, 5.74) is 1.69. The third-order valence-electron chi connectivity index (χ3n) is 3.38. The Morgan fingerprint density at radius 2 is 1.95 bits per heavy atom. The molecule has 1 aliphatic heterocycles. The van der Waals surface area contributed by atoms with Crippen LogP contribution in [0.3, 0.4) is 0 Å². The number of rotatable bonds is 3. The maximum atomic E-state index is 12.1. The van der Waals surface area contributed by atoms with Crippen LogP contribution in [0.2, 0.25) is 0 Å². The highest BCUT2D eigenvalue weighted by molar-refractivity contribution is 6.03. The molecule has 0 spiro atoms. The first-order chi connectivity index (χ1) is 10.2. The summed E-state index contributed by atoms with van der Waals surface area (Å²) in [6.07, 6.45) is 0. The van der Waals surface area contributed by atoms with Crippen LogP contribution in [0.4, 0.5) is 11.5 Å². The van der Waals surface area contributed by atoms with E-state index in [2.05, 4.69) is 15.4 Å². The maximum Gasteiger partial charge on any atom is 0.256 e. The number of carbonyl (C=O) groups is 1. The zero-order valence-corrected chi connectivity index (χ0v) is 11.8. The molecule has 1 fully saturated rings. The van der Waals surface area contributed by atoms with Crippen LogP contribution in [0.1, 0.15) is 16.1 Å². The fourth-order valence-corrected chi connectivity index (χ4v) is 2.26. The number of anilines is 2. The van der Waals surface area contributed by atoms with E-state index in [9.17, 15) is 4.79 Å². The van der Waals surface area contributed by atoms with E-state index < -0.39 is 0 Å². The second-order valence-electron chi connectivity index (χ2n) is 4.92. The van der Waals surface area contributed by atoms with Gasteiger partial charge >= 0.3 is 0 Å². The van der Waals surface area contributed by atoms with E-state index in [0.29, 0.717) is 17.1 Å². The normalized spacial score (nSPS) is 15.0. The number of nitrogens with zero attached hydrogens (tertiary/aromatic N) is 2. The Kier molecular flexibility index (Phi) is 3.87. The van der Waals surface area contributed by atoms with Gasteiger partial charge in [-0.1, -0.05) is 5.16 Å². The minimum atomic E-state index is -0.197. The molecule has 1 aliphatic rings. The van der Waals surface area contributed by atoms with Gasteiger partial charge in [0.15, 0.2) is 5.82 Å². The molecule has 0 atom stereocenters. The van der Waals surface area contributed by atoms with Gasteiger partial charge in [0.25, 0.3) is 5.91 Å². The van der Waals surface area contributed by atoms with Crippen molar-refractivity contribution < 1.29 is 14.1 Å². The lowest BCUT2D eigenvalue weighted by atomic mass is 10.1. The van der Waals surface area contributed by atoms with Crippen LogP contribution in [0.5, 0.6) is 0 Å². The predicted octanol–water partition coefficient (Wildman–Crippen LogP) is 2.07. The second kappa shape index (κ2) is 5.97. The molecule has 1 amide bonds. The topological polar surface area (TPSA) is 67.6 Å². The molecule has 1 saturated heterocycles. The van der Waals surface area contributed by atoms with Crippen LogP contribution >= 0.6 is 0 Å². The standard InChI is InChI=1S/C15H17N3O3/c1-11-10-14(17-21-11)16-15(19)12-2-4-13(5-3-12)18-6-8-20-9-7-18/h2-5,10H,6-9H2,1H3,(H,16,17,19). The average Bonchev–Trinajstić information content (AvgIpc) is 2.93. The van der Waals surface area contributed by atoms with Gasteiger partial charge < -0.3 is 19.5 Å². The quantitative estimate of drug-likeness (QED) is 0.936. The molecule has 1 aromatic carbocycles. The van der Waals surface area contributed by atoms with Crippen molar-refractivity contribution in [3.8, 4) is 0 Å². The third kappa shape index (κ3) is 3.22. The van der Waals surface area contributed by atoms with E-state index in [1.54, 1.807) is 13.0 Å². The van der Waals surface area contributed by atoms with Crippen molar-refractivity contribution in [3.05, 3.63) is 41.7 Å². The number of morpholine rings is 1. The lowest BCUT2D eigenvalue weighted by molar-refractivity contribution is 0.102. The van der Waals surface area contributed by atoms with Gasteiger partial charge in [-0.05, 0) is 31.2 Å². The molecule has 0 unspecified atom stereocenters. The van der Waals surface area contributed by atoms with Crippen LogP contribution in [0, 0.1) is 6.92 Å². The summed E-state index contributed by atoms with van der Waals surface area (Å²) in [7, 11) is 0. The summed E-state index contributed by atoms with van der Waals surface area (Å²) in [5, 5.41) is 6.44. The van der Waals surface area contributed by atoms with Crippen molar-refractivity contribution in [2.75, 3.05) is 36.5 Å². The minimum absolute atomic E-state index is 0.197. The van der Waals surface area contributed by atoms with Crippen molar-refractivity contribution in [1.29, 1.82) is 0 Å². The van der Waals surface area contributed by atoms with Gasteiger partial charge in [0.05, 0.1) is 13.2 Å². The predicted molar refractivity (Wildman–Crippen MR) is 78.7 cm³/mol. The minimum Gasteiger partial charge on any atom is -0.378 e. The number of aromatic nitrogens is 1. The zero-order valence-electron chi connectivity index (χ0n) is 11.8. The maximum absolute atomic E-state index is 12.1. The summed E-state index contributed by atoms with van der Waals surface area (Å²) in [6, 6.07) is 9.21.